The molecule has 0 aromatic carbocycles. The summed E-state index contributed by atoms with van der Waals surface area (Å²) in [6.07, 6.45) is -3.98. The van der Waals surface area contributed by atoms with E-state index in [0.717, 1.165) is 17.5 Å². The monoisotopic (exact) mass is 201 g/mol. The first-order valence-electron chi connectivity index (χ1n) is 2.64. The molecule has 0 aliphatic carbocycles. The lowest BCUT2D eigenvalue weighted by Gasteiger charge is -2.01. The maximum absolute atomic E-state index is 11.7. The van der Waals surface area contributed by atoms with Gasteiger partial charge in [0.15, 0.2) is 4.47 Å². The van der Waals surface area contributed by atoms with Crippen LogP contribution in [0.4, 0.5) is 13.2 Å². The van der Waals surface area contributed by atoms with E-state index in [2.05, 4.69) is 4.98 Å². The minimum absolute atomic E-state index is 0.141. The third kappa shape index (κ3) is 3.07. The van der Waals surface area contributed by atoms with Crippen LogP contribution < -0.4 is 0 Å². The van der Waals surface area contributed by atoms with Crippen LogP contribution in [-0.4, -0.2) is 11.2 Å². The van der Waals surface area contributed by atoms with Crippen molar-refractivity contribution in [2.24, 2.45) is 0 Å². The van der Waals surface area contributed by atoms with Gasteiger partial charge >= 0.3 is 6.18 Å². The quantitative estimate of drug-likeness (QED) is 0.681. The van der Waals surface area contributed by atoms with E-state index in [1.807, 2.05) is 0 Å². The summed E-state index contributed by atoms with van der Waals surface area (Å²) in [4.78, 5) is 3.63. The minimum atomic E-state index is -4.17. The standard InChI is InChI=1S/C5H3ClF3NS/c6-4-10-2-3(11-4)1-5(7,8)9/h2H,1H2. The molecule has 1 heterocycles. The number of alkyl halides is 3. The number of halogens is 4. The van der Waals surface area contributed by atoms with Crippen molar-refractivity contribution in [1.82, 2.24) is 4.98 Å². The Hall–Kier alpha value is -0.290. The van der Waals surface area contributed by atoms with Crippen molar-refractivity contribution in [2.45, 2.75) is 12.6 Å². The fraction of sp³-hybridized carbons (Fsp3) is 0.400. The summed E-state index contributed by atoms with van der Waals surface area (Å²) >= 11 is 6.18. The van der Waals surface area contributed by atoms with Crippen LogP contribution in [0.1, 0.15) is 4.88 Å². The van der Waals surface area contributed by atoms with Gasteiger partial charge < -0.3 is 0 Å². The zero-order valence-electron chi connectivity index (χ0n) is 5.15. The highest BCUT2D eigenvalue weighted by molar-refractivity contribution is 7.15. The van der Waals surface area contributed by atoms with Crippen LogP contribution in [0.3, 0.4) is 0 Å². The Morgan fingerprint density at radius 3 is 2.55 bits per heavy atom. The number of hydrogen-bond acceptors (Lipinski definition) is 2. The van der Waals surface area contributed by atoms with Gasteiger partial charge in [-0.05, 0) is 0 Å². The molecule has 0 spiro atoms. The average Bonchev–Trinajstić information content (AvgIpc) is 2.10. The van der Waals surface area contributed by atoms with Crippen molar-refractivity contribution in [3.8, 4) is 0 Å². The molecular weight excluding hydrogens is 199 g/mol. The number of thiazole rings is 1. The van der Waals surface area contributed by atoms with Gasteiger partial charge in [-0.2, -0.15) is 13.2 Å². The molecule has 1 rings (SSSR count). The number of rotatable bonds is 1. The molecule has 0 N–H and O–H groups in total. The third-order valence-electron chi connectivity index (χ3n) is 0.900. The van der Waals surface area contributed by atoms with Gasteiger partial charge in [0, 0.05) is 11.1 Å². The van der Waals surface area contributed by atoms with Crippen molar-refractivity contribution in [3.05, 3.63) is 15.5 Å². The lowest BCUT2D eigenvalue weighted by molar-refractivity contribution is -0.126. The van der Waals surface area contributed by atoms with Gasteiger partial charge in [-0.1, -0.05) is 11.6 Å². The van der Waals surface area contributed by atoms with E-state index >= 15 is 0 Å². The minimum Gasteiger partial charge on any atom is -0.233 e. The molecule has 0 aliphatic heterocycles. The normalized spacial score (nSPS) is 12.0. The summed E-state index contributed by atoms with van der Waals surface area (Å²) in [7, 11) is 0. The fourth-order valence-electron chi connectivity index (χ4n) is 0.563. The molecule has 0 saturated heterocycles. The highest BCUT2D eigenvalue weighted by Gasteiger charge is 2.28. The van der Waals surface area contributed by atoms with Crippen LogP contribution in [-0.2, 0) is 6.42 Å². The van der Waals surface area contributed by atoms with Crippen molar-refractivity contribution in [3.63, 3.8) is 0 Å². The predicted octanol–water partition coefficient (Wildman–Crippen LogP) is 2.90. The number of aromatic nitrogens is 1. The van der Waals surface area contributed by atoms with Crippen molar-refractivity contribution < 1.29 is 13.2 Å². The van der Waals surface area contributed by atoms with E-state index in [1.165, 1.54) is 0 Å². The molecule has 0 unspecified atom stereocenters. The van der Waals surface area contributed by atoms with Crippen LogP contribution >= 0.6 is 22.9 Å². The molecule has 0 radical (unpaired) electrons. The van der Waals surface area contributed by atoms with Crippen molar-refractivity contribution in [2.75, 3.05) is 0 Å². The Kier molecular flexibility index (Phi) is 2.39. The first-order valence-corrected chi connectivity index (χ1v) is 3.84. The molecule has 0 atom stereocenters. The van der Waals surface area contributed by atoms with Gasteiger partial charge in [0.2, 0.25) is 0 Å². The van der Waals surface area contributed by atoms with Gasteiger partial charge in [-0.25, -0.2) is 4.98 Å². The largest absolute Gasteiger partial charge is 0.393 e. The number of nitrogens with zero attached hydrogens (tertiary/aromatic N) is 1. The second-order valence-electron chi connectivity index (χ2n) is 1.87. The maximum Gasteiger partial charge on any atom is 0.393 e. The fourth-order valence-corrected chi connectivity index (χ4v) is 1.57. The zero-order chi connectivity index (χ0) is 8.48. The van der Waals surface area contributed by atoms with Crippen LogP contribution in [0.2, 0.25) is 4.47 Å². The smallest absolute Gasteiger partial charge is 0.233 e. The van der Waals surface area contributed by atoms with E-state index in [4.69, 9.17) is 11.6 Å². The Labute approximate surface area is 69.8 Å². The topological polar surface area (TPSA) is 12.9 Å². The van der Waals surface area contributed by atoms with Crippen LogP contribution in [0.25, 0.3) is 0 Å². The van der Waals surface area contributed by atoms with Crippen LogP contribution in [0.15, 0.2) is 6.20 Å². The second-order valence-corrected chi connectivity index (χ2v) is 3.57. The molecule has 6 heteroatoms. The first kappa shape index (κ1) is 8.80. The Bertz CT molecular complexity index is 244. The Morgan fingerprint density at radius 2 is 2.18 bits per heavy atom. The predicted molar refractivity (Wildman–Crippen MR) is 36.9 cm³/mol. The second kappa shape index (κ2) is 2.98. The molecule has 0 amide bonds. The molecular formula is C5H3ClF3NS. The molecule has 0 bridgehead atoms. The molecule has 1 nitrogen and oxygen atoms in total. The molecule has 1 aromatic rings. The summed E-state index contributed by atoms with van der Waals surface area (Å²) in [6, 6.07) is 0. The SMILES string of the molecule is FC(F)(F)Cc1cnc(Cl)s1. The van der Waals surface area contributed by atoms with E-state index in [-0.39, 0.29) is 9.34 Å². The van der Waals surface area contributed by atoms with Gasteiger partial charge in [0.05, 0.1) is 6.42 Å². The van der Waals surface area contributed by atoms with E-state index in [0.29, 0.717) is 0 Å². The van der Waals surface area contributed by atoms with E-state index < -0.39 is 12.6 Å². The van der Waals surface area contributed by atoms with E-state index in [1.54, 1.807) is 0 Å². The average molecular weight is 202 g/mol. The first-order chi connectivity index (χ1) is 4.97. The Morgan fingerprint density at radius 1 is 1.55 bits per heavy atom. The molecule has 11 heavy (non-hydrogen) atoms. The molecule has 0 fully saturated rings. The van der Waals surface area contributed by atoms with Gasteiger partial charge in [0.1, 0.15) is 0 Å². The van der Waals surface area contributed by atoms with Crippen molar-refractivity contribution in [1.29, 1.82) is 0 Å². The summed E-state index contributed by atoms with van der Waals surface area (Å²) in [5.74, 6) is 0. The third-order valence-corrected chi connectivity index (χ3v) is 2.01. The zero-order valence-corrected chi connectivity index (χ0v) is 6.72. The molecule has 62 valence electrons. The lowest BCUT2D eigenvalue weighted by Crippen LogP contribution is -2.10. The van der Waals surface area contributed by atoms with Crippen LogP contribution in [0.5, 0.6) is 0 Å². The molecule has 1 aromatic heterocycles. The highest BCUT2D eigenvalue weighted by atomic mass is 35.5. The van der Waals surface area contributed by atoms with Gasteiger partial charge in [0.25, 0.3) is 0 Å². The summed E-state index contributed by atoms with van der Waals surface area (Å²) in [6.45, 7) is 0. The van der Waals surface area contributed by atoms with Crippen molar-refractivity contribution >= 4 is 22.9 Å². The molecule has 0 saturated carbocycles. The maximum atomic E-state index is 11.7. The number of hydrogen-bond donors (Lipinski definition) is 0. The summed E-state index contributed by atoms with van der Waals surface area (Å²) in [5.41, 5.74) is 0. The van der Waals surface area contributed by atoms with Crippen LogP contribution in [0, 0.1) is 0 Å². The highest BCUT2D eigenvalue weighted by Crippen LogP contribution is 2.26. The summed E-state index contributed by atoms with van der Waals surface area (Å²) < 4.78 is 35.2. The Balaban J connectivity index is 2.65. The lowest BCUT2D eigenvalue weighted by atomic mass is 10.4. The van der Waals surface area contributed by atoms with Gasteiger partial charge in [-0.15, -0.1) is 11.3 Å². The molecule has 0 aliphatic rings. The van der Waals surface area contributed by atoms with E-state index in [9.17, 15) is 13.2 Å². The summed E-state index contributed by atoms with van der Waals surface area (Å²) in [5, 5.41) is 0. The van der Waals surface area contributed by atoms with Gasteiger partial charge in [-0.3, -0.25) is 0 Å².